The van der Waals surface area contributed by atoms with Gasteiger partial charge in [-0.05, 0) is 45.1 Å². The van der Waals surface area contributed by atoms with Gasteiger partial charge in [-0.25, -0.2) is 0 Å². The molecule has 0 spiro atoms. The summed E-state index contributed by atoms with van der Waals surface area (Å²) in [5.74, 6) is 0.0142. The third-order valence-corrected chi connectivity index (χ3v) is 3.90. The predicted molar refractivity (Wildman–Crippen MR) is 64.0 cm³/mol. The molecule has 1 atom stereocenters. The lowest BCUT2D eigenvalue weighted by Crippen LogP contribution is -2.48. The molecule has 0 bridgehead atoms. The monoisotopic (exact) mass is 225 g/mol. The average molecular weight is 225 g/mol. The molecule has 1 aliphatic carbocycles. The molecule has 1 saturated heterocycles. The van der Waals surface area contributed by atoms with Crippen LogP contribution in [0.15, 0.2) is 0 Å². The van der Waals surface area contributed by atoms with Crippen molar-refractivity contribution in [3.05, 3.63) is 0 Å². The van der Waals surface area contributed by atoms with Gasteiger partial charge in [0.25, 0.3) is 0 Å². The highest BCUT2D eigenvalue weighted by Crippen LogP contribution is 2.24. The molecule has 1 heterocycles. The Balaban J connectivity index is 1.70. The topological polar surface area (TPSA) is 67.2 Å². The molecule has 2 rings (SSSR count). The molecule has 1 amide bonds. The molecule has 0 aromatic heterocycles. The quantitative estimate of drug-likeness (QED) is 0.650. The lowest BCUT2D eigenvalue weighted by molar-refractivity contribution is -0.122. The molecule has 16 heavy (non-hydrogen) atoms. The molecule has 4 N–H and O–H groups in total. The lowest BCUT2D eigenvalue weighted by Gasteiger charge is -2.33. The van der Waals surface area contributed by atoms with Crippen LogP contribution in [0.1, 0.15) is 38.5 Å². The summed E-state index contributed by atoms with van der Waals surface area (Å²) in [5, 5.41) is 7.12. The third-order valence-electron chi connectivity index (χ3n) is 3.90. The number of nitrogens with one attached hydrogen (secondary N) is 2. The van der Waals surface area contributed by atoms with Gasteiger partial charge in [0.05, 0.1) is 0 Å². The number of amides is 1. The van der Waals surface area contributed by atoms with Gasteiger partial charge >= 0.3 is 0 Å². The van der Waals surface area contributed by atoms with Crippen molar-refractivity contribution in [2.24, 2.45) is 11.7 Å². The van der Waals surface area contributed by atoms with E-state index in [-0.39, 0.29) is 11.8 Å². The second-order valence-corrected chi connectivity index (χ2v) is 5.16. The van der Waals surface area contributed by atoms with Crippen LogP contribution in [0.3, 0.4) is 0 Å². The van der Waals surface area contributed by atoms with Crippen LogP contribution in [0.5, 0.6) is 0 Å². The Morgan fingerprint density at radius 1 is 1.12 bits per heavy atom. The largest absolute Gasteiger partial charge is 0.369 e. The minimum absolute atomic E-state index is 0.113. The van der Waals surface area contributed by atoms with E-state index in [9.17, 15) is 4.79 Å². The molecule has 0 radical (unpaired) electrons. The molecular weight excluding hydrogens is 202 g/mol. The van der Waals surface area contributed by atoms with E-state index in [1.807, 2.05) is 0 Å². The van der Waals surface area contributed by atoms with Gasteiger partial charge in [0, 0.05) is 24.5 Å². The van der Waals surface area contributed by atoms with E-state index in [0.717, 1.165) is 38.8 Å². The third kappa shape index (κ3) is 3.19. The molecule has 1 saturated carbocycles. The van der Waals surface area contributed by atoms with Crippen LogP contribution in [0.4, 0.5) is 0 Å². The molecule has 4 nitrogen and oxygen atoms in total. The van der Waals surface area contributed by atoms with Crippen molar-refractivity contribution in [1.82, 2.24) is 10.6 Å². The summed E-state index contributed by atoms with van der Waals surface area (Å²) in [5.41, 5.74) is 5.33. The molecule has 92 valence electrons. The lowest BCUT2D eigenvalue weighted by atomic mass is 9.85. The van der Waals surface area contributed by atoms with E-state index in [4.69, 9.17) is 5.73 Å². The van der Waals surface area contributed by atoms with Crippen molar-refractivity contribution in [2.75, 3.05) is 13.1 Å². The van der Waals surface area contributed by atoms with E-state index < -0.39 is 0 Å². The van der Waals surface area contributed by atoms with Gasteiger partial charge in [-0.1, -0.05) is 0 Å². The second kappa shape index (κ2) is 5.64. The maximum atomic E-state index is 11.0. The van der Waals surface area contributed by atoms with Crippen LogP contribution in [-0.2, 0) is 4.79 Å². The van der Waals surface area contributed by atoms with Gasteiger partial charge in [-0.3, -0.25) is 4.79 Å². The van der Waals surface area contributed by atoms with Crippen LogP contribution < -0.4 is 16.4 Å². The zero-order chi connectivity index (χ0) is 11.4. The normalized spacial score (nSPS) is 35.9. The van der Waals surface area contributed by atoms with Crippen LogP contribution >= 0.6 is 0 Å². The SMILES string of the molecule is NC(=O)C1CCC(NC2CCCNC2)CC1. The molecule has 2 aliphatic rings. The fourth-order valence-electron chi connectivity index (χ4n) is 2.87. The van der Waals surface area contributed by atoms with Crippen LogP contribution in [0.25, 0.3) is 0 Å². The molecule has 1 aliphatic heterocycles. The Kier molecular flexibility index (Phi) is 4.18. The van der Waals surface area contributed by atoms with E-state index in [1.54, 1.807) is 0 Å². The highest BCUT2D eigenvalue weighted by atomic mass is 16.1. The Bertz CT molecular complexity index is 230. The molecule has 2 fully saturated rings. The van der Waals surface area contributed by atoms with Crippen molar-refractivity contribution >= 4 is 5.91 Å². The van der Waals surface area contributed by atoms with Gasteiger partial charge < -0.3 is 16.4 Å². The Hall–Kier alpha value is -0.610. The fraction of sp³-hybridized carbons (Fsp3) is 0.917. The number of piperidine rings is 1. The summed E-state index contributed by atoms with van der Waals surface area (Å²) in [6.45, 7) is 2.25. The predicted octanol–water partition coefficient (Wildman–Crippen LogP) is 0.372. The van der Waals surface area contributed by atoms with Crippen molar-refractivity contribution in [3.63, 3.8) is 0 Å². The maximum absolute atomic E-state index is 11.0. The van der Waals surface area contributed by atoms with Gasteiger partial charge in [0.1, 0.15) is 0 Å². The second-order valence-electron chi connectivity index (χ2n) is 5.16. The average Bonchev–Trinajstić information content (AvgIpc) is 2.31. The number of nitrogens with two attached hydrogens (primary N) is 1. The maximum Gasteiger partial charge on any atom is 0.220 e. The summed E-state index contributed by atoms with van der Waals surface area (Å²) in [7, 11) is 0. The molecular formula is C12H23N3O. The number of carbonyl (C=O) groups is 1. The van der Waals surface area contributed by atoms with Crippen molar-refractivity contribution in [3.8, 4) is 0 Å². The van der Waals surface area contributed by atoms with Crippen molar-refractivity contribution < 1.29 is 4.79 Å². The minimum atomic E-state index is -0.113. The molecule has 0 aromatic carbocycles. The Morgan fingerprint density at radius 2 is 1.88 bits per heavy atom. The number of hydrogen-bond donors (Lipinski definition) is 3. The summed E-state index contributed by atoms with van der Waals surface area (Å²) in [6, 6.07) is 1.23. The fourth-order valence-corrected chi connectivity index (χ4v) is 2.87. The number of hydrogen-bond acceptors (Lipinski definition) is 3. The Morgan fingerprint density at radius 3 is 2.44 bits per heavy atom. The first kappa shape index (κ1) is 11.9. The van der Waals surface area contributed by atoms with E-state index in [2.05, 4.69) is 10.6 Å². The first-order valence-corrected chi connectivity index (χ1v) is 6.52. The van der Waals surface area contributed by atoms with Gasteiger partial charge in [-0.2, -0.15) is 0 Å². The van der Waals surface area contributed by atoms with Crippen LogP contribution in [0.2, 0.25) is 0 Å². The summed E-state index contributed by atoms with van der Waals surface area (Å²) in [6.07, 6.45) is 6.69. The number of rotatable bonds is 3. The number of carbonyl (C=O) groups excluding carboxylic acids is 1. The standard InChI is InChI=1S/C12H23N3O/c13-12(16)9-3-5-10(6-4-9)15-11-2-1-7-14-8-11/h9-11,14-15H,1-8H2,(H2,13,16). The van der Waals surface area contributed by atoms with E-state index in [1.165, 1.54) is 12.8 Å². The van der Waals surface area contributed by atoms with Gasteiger partial charge in [0.15, 0.2) is 0 Å². The van der Waals surface area contributed by atoms with Crippen molar-refractivity contribution in [1.29, 1.82) is 0 Å². The van der Waals surface area contributed by atoms with Crippen molar-refractivity contribution in [2.45, 2.75) is 50.6 Å². The highest BCUT2D eigenvalue weighted by molar-refractivity contribution is 5.76. The molecule has 0 aromatic rings. The smallest absolute Gasteiger partial charge is 0.220 e. The Labute approximate surface area is 97.3 Å². The first-order valence-electron chi connectivity index (χ1n) is 6.52. The molecule has 1 unspecified atom stereocenters. The van der Waals surface area contributed by atoms with E-state index >= 15 is 0 Å². The summed E-state index contributed by atoms with van der Waals surface area (Å²) in [4.78, 5) is 11.0. The minimum Gasteiger partial charge on any atom is -0.369 e. The van der Waals surface area contributed by atoms with Crippen LogP contribution in [-0.4, -0.2) is 31.1 Å². The molecule has 4 heteroatoms. The van der Waals surface area contributed by atoms with Gasteiger partial charge in [0.2, 0.25) is 5.91 Å². The van der Waals surface area contributed by atoms with E-state index in [0.29, 0.717) is 12.1 Å². The zero-order valence-electron chi connectivity index (χ0n) is 9.87. The summed E-state index contributed by atoms with van der Waals surface area (Å²) < 4.78 is 0. The van der Waals surface area contributed by atoms with Gasteiger partial charge in [-0.15, -0.1) is 0 Å². The van der Waals surface area contributed by atoms with Crippen LogP contribution in [0, 0.1) is 5.92 Å². The first-order chi connectivity index (χ1) is 7.75. The zero-order valence-corrected chi connectivity index (χ0v) is 9.87. The summed E-state index contributed by atoms with van der Waals surface area (Å²) >= 11 is 0. The number of primary amides is 1. The highest BCUT2D eigenvalue weighted by Gasteiger charge is 2.26.